The molecule has 0 saturated carbocycles. The summed E-state index contributed by atoms with van der Waals surface area (Å²) in [6, 6.07) is 12.2. The van der Waals surface area contributed by atoms with Gasteiger partial charge in [-0.3, -0.25) is 25.0 Å². The highest BCUT2D eigenvalue weighted by Gasteiger charge is 2.39. The SMILES string of the molecule is CC(C)(C)OC(=O)Nc1cccc(-n2cnc(-c3ccc4c(c3)CN(C3CCC(=O)NC3=O)C4=O)c2)c1. The summed E-state index contributed by atoms with van der Waals surface area (Å²) in [4.78, 5) is 54.9. The molecule has 37 heavy (non-hydrogen) atoms. The number of rotatable bonds is 4. The Morgan fingerprint density at radius 2 is 1.95 bits per heavy atom. The van der Waals surface area contributed by atoms with Crippen molar-refractivity contribution in [2.75, 3.05) is 5.32 Å². The lowest BCUT2D eigenvalue weighted by Crippen LogP contribution is -2.52. The van der Waals surface area contributed by atoms with Crippen molar-refractivity contribution in [3.05, 3.63) is 66.1 Å². The number of piperidine rings is 1. The van der Waals surface area contributed by atoms with Gasteiger partial charge in [-0.15, -0.1) is 0 Å². The number of carbonyl (C=O) groups excluding carboxylic acids is 4. The highest BCUT2D eigenvalue weighted by Crippen LogP contribution is 2.31. The summed E-state index contributed by atoms with van der Waals surface area (Å²) < 4.78 is 7.15. The molecule has 190 valence electrons. The molecule has 1 fully saturated rings. The summed E-state index contributed by atoms with van der Waals surface area (Å²) in [6.07, 6.45) is 3.55. The molecule has 1 aromatic heterocycles. The maximum Gasteiger partial charge on any atom is 0.412 e. The molecule has 2 aliphatic rings. The van der Waals surface area contributed by atoms with Crippen LogP contribution in [0.4, 0.5) is 10.5 Å². The molecule has 1 saturated heterocycles. The van der Waals surface area contributed by atoms with Crippen LogP contribution in [0.3, 0.4) is 0 Å². The minimum Gasteiger partial charge on any atom is -0.444 e. The number of ether oxygens (including phenoxy) is 1. The number of benzene rings is 2. The highest BCUT2D eigenvalue weighted by atomic mass is 16.6. The van der Waals surface area contributed by atoms with Crippen LogP contribution in [0.1, 0.15) is 49.5 Å². The van der Waals surface area contributed by atoms with Gasteiger partial charge in [0.05, 0.1) is 12.0 Å². The van der Waals surface area contributed by atoms with Gasteiger partial charge in [-0.2, -0.15) is 0 Å². The first-order chi connectivity index (χ1) is 17.6. The van der Waals surface area contributed by atoms with Crippen molar-refractivity contribution in [2.24, 2.45) is 0 Å². The zero-order valence-electron chi connectivity index (χ0n) is 20.8. The van der Waals surface area contributed by atoms with E-state index in [2.05, 4.69) is 15.6 Å². The fourth-order valence-electron chi connectivity index (χ4n) is 4.51. The van der Waals surface area contributed by atoms with E-state index in [-0.39, 0.29) is 18.2 Å². The van der Waals surface area contributed by atoms with Crippen LogP contribution in [0, 0.1) is 0 Å². The Labute approximate surface area is 213 Å². The first kappa shape index (κ1) is 24.2. The number of hydrogen-bond donors (Lipinski definition) is 2. The number of hydrogen-bond acceptors (Lipinski definition) is 6. The molecule has 5 rings (SSSR count). The average molecular weight is 502 g/mol. The molecular weight excluding hydrogens is 474 g/mol. The summed E-state index contributed by atoms with van der Waals surface area (Å²) in [5.41, 5.74) is 3.69. The van der Waals surface area contributed by atoms with Gasteiger partial charge in [0.2, 0.25) is 11.8 Å². The van der Waals surface area contributed by atoms with Crippen molar-refractivity contribution >= 4 is 29.5 Å². The van der Waals surface area contributed by atoms with Crippen LogP contribution < -0.4 is 10.6 Å². The second-order valence-corrected chi connectivity index (χ2v) is 10.1. The van der Waals surface area contributed by atoms with Gasteiger partial charge >= 0.3 is 6.09 Å². The average Bonchev–Trinajstić information content (AvgIpc) is 3.43. The summed E-state index contributed by atoms with van der Waals surface area (Å²) >= 11 is 0. The second-order valence-electron chi connectivity index (χ2n) is 10.1. The van der Waals surface area contributed by atoms with Crippen LogP contribution in [-0.4, -0.2) is 49.9 Å². The first-order valence-corrected chi connectivity index (χ1v) is 12.0. The molecule has 1 unspecified atom stereocenters. The zero-order valence-corrected chi connectivity index (χ0v) is 20.8. The van der Waals surface area contributed by atoms with Crippen molar-refractivity contribution in [3.8, 4) is 16.9 Å². The van der Waals surface area contributed by atoms with Crippen LogP contribution in [0.25, 0.3) is 16.9 Å². The fourth-order valence-corrected chi connectivity index (χ4v) is 4.51. The lowest BCUT2D eigenvalue weighted by atomic mass is 10.0. The van der Waals surface area contributed by atoms with Crippen molar-refractivity contribution in [3.63, 3.8) is 0 Å². The van der Waals surface area contributed by atoms with E-state index in [1.165, 1.54) is 4.90 Å². The van der Waals surface area contributed by atoms with E-state index in [1.54, 1.807) is 39.2 Å². The van der Waals surface area contributed by atoms with E-state index in [0.29, 0.717) is 29.9 Å². The van der Waals surface area contributed by atoms with E-state index >= 15 is 0 Å². The Bertz CT molecular complexity index is 1420. The van der Waals surface area contributed by atoms with Crippen molar-refractivity contribution in [1.29, 1.82) is 0 Å². The van der Waals surface area contributed by atoms with E-state index < -0.39 is 23.6 Å². The third kappa shape index (κ3) is 5.09. The molecule has 3 aromatic rings. The molecule has 0 spiro atoms. The molecule has 0 aliphatic carbocycles. The molecule has 2 aliphatic heterocycles. The van der Waals surface area contributed by atoms with Gasteiger partial charge in [0.25, 0.3) is 5.91 Å². The summed E-state index contributed by atoms with van der Waals surface area (Å²) in [5, 5.41) is 5.06. The van der Waals surface area contributed by atoms with Gasteiger partial charge in [0.1, 0.15) is 11.6 Å². The lowest BCUT2D eigenvalue weighted by Gasteiger charge is -2.29. The van der Waals surface area contributed by atoms with Crippen LogP contribution in [-0.2, 0) is 20.9 Å². The van der Waals surface area contributed by atoms with E-state index in [9.17, 15) is 19.2 Å². The Morgan fingerprint density at radius 3 is 2.70 bits per heavy atom. The smallest absolute Gasteiger partial charge is 0.412 e. The number of imidazole rings is 1. The number of carbonyl (C=O) groups is 4. The normalized spacial score (nSPS) is 17.4. The van der Waals surface area contributed by atoms with Crippen LogP contribution in [0.5, 0.6) is 0 Å². The second kappa shape index (κ2) is 9.20. The maximum atomic E-state index is 12.9. The molecule has 10 heteroatoms. The molecule has 2 N–H and O–H groups in total. The zero-order chi connectivity index (χ0) is 26.3. The predicted molar refractivity (Wildman–Crippen MR) is 135 cm³/mol. The molecule has 1 atom stereocenters. The van der Waals surface area contributed by atoms with E-state index in [0.717, 1.165) is 16.8 Å². The predicted octanol–water partition coefficient (Wildman–Crippen LogP) is 3.65. The van der Waals surface area contributed by atoms with Gasteiger partial charge < -0.3 is 14.2 Å². The molecule has 2 aromatic carbocycles. The summed E-state index contributed by atoms with van der Waals surface area (Å²) in [6.45, 7) is 5.71. The van der Waals surface area contributed by atoms with Crippen LogP contribution >= 0.6 is 0 Å². The Hall–Kier alpha value is -4.47. The molecule has 0 radical (unpaired) electrons. The van der Waals surface area contributed by atoms with Crippen molar-refractivity contribution in [1.82, 2.24) is 19.8 Å². The Morgan fingerprint density at radius 1 is 1.14 bits per heavy atom. The molecule has 3 heterocycles. The van der Waals surface area contributed by atoms with Gasteiger partial charge in [-0.05, 0) is 63.1 Å². The molecule has 10 nitrogen and oxygen atoms in total. The monoisotopic (exact) mass is 501 g/mol. The minimum absolute atomic E-state index is 0.212. The summed E-state index contributed by atoms with van der Waals surface area (Å²) in [5.74, 6) is -0.954. The number of fused-ring (bicyclic) bond motifs is 1. The number of anilines is 1. The van der Waals surface area contributed by atoms with Crippen molar-refractivity contribution in [2.45, 2.75) is 51.8 Å². The van der Waals surface area contributed by atoms with Gasteiger partial charge in [-0.25, -0.2) is 9.78 Å². The Balaban J connectivity index is 1.33. The van der Waals surface area contributed by atoms with Gasteiger partial charge in [-0.1, -0.05) is 12.1 Å². The number of aromatic nitrogens is 2. The van der Waals surface area contributed by atoms with E-state index in [1.807, 2.05) is 41.1 Å². The number of nitrogens with zero attached hydrogens (tertiary/aromatic N) is 3. The summed E-state index contributed by atoms with van der Waals surface area (Å²) in [7, 11) is 0. The third-order valence-corrected chi connectivity index (χ3v) is 6.19. The standard InChI is InChI=1S/C27H27N5O5/c1-27(2,3)37-26(36)29-18-5-4-6-19(12-18)31-14-21(28-15-31)16-7-8-20-17(11-16)13-32(25(20)35)22-9-10-23(33)30-24(22)34/h4-8,11-12,14-15,22H,9-10,13H2,1-3H3,(H,29,36)(H,30,33,34). The highest BCUT2D eigenvalue weighted by molar-refractivity contribution is 6.05. The third-order valence-electron chi connectivity index (χ3n) is 6.19. The number of amides is 4. The van der Waals surface area contributed by atoms with Crippen LogP contribution in [0.15, 0.2) is 55.0 Å². The molecular formula is C27H27N5O5. The fraction of sp³-hybridized carbons (Fsp3) is 0.296. The number of nitrogens with one attached hydrogen (secondary N) is 2. The topological polar surface area (TPSA) is 123 Å². The van der Waals surface area contributed by atoms with E-state index in [4.69, 9.17) is 4.74 Å². The largest absolute Gasteiger partial charge is 0.444 e. The maximum absolute atomic E-state index is 12.9. The minimum atomic E-state index is -0.651. The van der Waals surface area contributed by atoms with Crippen molar-refractivity contribution < 1.29 is 23.9 Å². The van der Waals surface area contributed by atoms with Crippen LogP contribution in [0.2, 0.25) is 0 Å². The molecule has 4 amide bonds. The van der Waals surface area contributed by atoms with Gasteiger partial charge in [0, 0.05) is 41.7 Å². The lowest BCUT2D eigenvalue weighted by molar-refractivity contribution is -0.136. The quantitative estimate of drug-likeness (QED) is 0.526. The Kier molecular flexibility index (Phi) is 6.02. The van der Waals surface area contributed by atoms with Gasteiger partial charge in [0.15, 0.2) is 0 Å². The molecule has 0 bridgehead atoms. The first-order valence-electron chi connectivity index (χ1n) is 12.0. The number of imide groups is 1.